The predicted octanol–water partition coefficient (Wildman–Crippen LogP) is 3.31. The van der Waals surface area contributed by atoms with Crippen molar-refractivity contribution >= 4 is 11.3 Å². The zero-order valence-electron chi connectivity index (χ0n) is 8.66. The van der Waals surface area contributed by atoms with Crippen LogP contribution in [0.25, 0.3) is 0 Å². The van der Waals surface area contributed by atoms with E-state index in [-0.39, 0.29) is 5.41 Å². The summed E-state index contributed by atoms with van der Waals surface area (Å²) in [6, 6.07) is 4.00. The second kappa shape index (κ2) is 3.21. The minimum atomic E-state index is -0.705. The van der Waals surface area contributed by atoms with Gasteiger partial charge >= 0.3 is 0 Å². The summed E-state index contributed by atoms with van der Waals surface area (Å²) in [6.45, 7) is 4.41. The van der Waals surface area contributed by atoms with Crippen molar-refractivity contribution in [2.24, 2.45) is 5.41 Å². The van der Waals surface area contributed by atoms with Gasteiger partial charge in [-0.25, -0.2) is 0 Å². The van der Waals surface area contributed by atoms with Crippen LogP contribution < -0.4 is 0 Å². The highest BCUT2D eigenvalue weighted by Crippen LogP contribution is 2.41. The van der Waals surface area contributed by atoms with E-state index < -0.39 is 5.60 Å². The van der Waals surface area contributed by atoms with Gasteiger partial charge in [0.1, 0.15) is 5.60 Å². The Labute approximate surface area is 89.1 Å². The van der Waals surface area contributed by atoms with E-state index in [0.29, 0.717) is 0 Å². The van der Waals surface area contributed by atoms with Crippen LogP contribution in [0, 0.1) is 5.41 Å². The molecule has 2 heteroatoms. The molecule has 0 aliphatic heterocycles. The normalized spacial score (nSPS) is 30.5. The molecule has 1 aromatic heterocycles. The fourth-order valence-electron chi connectivity index (χ4n) is 1.77. The van der Waals surface area contributed by atoms with Crippen molar-refractivity contribution in [1.82, 2.24) is 0 Å². The number of hydrogen-bond donors (Lipinski definition) is 1. The van der Waals surface area contributed by atoms with Crippen molar-refractivity contribution in [2.75, 3.05) is 0 Å². The lowest BCUT2D eigenvalue weighted by molar-refractivity contribution is 0.0616. The van der Waals surface area contributed by atoms with Gasteiger partial charge in [0.25, 0.3) is 0 Å². The molecule has 1 nitrogen and oxygen atoms in total. The second-order valence-electron chi connectivity index (χ2n) is 4.72. The molecule has 76 valence electrons. The van der Waals surface area contributed by atoms with Crippen molar-refractivity contribution < 1.29 is 5.11 Å². The van der Waals surface area contributed by atoms with Crippen LogP contribution in [0.5, 0.6) is 0 Å². The Kier molecular flexibility index (Phi) is 2.28. The van der Waals surface area contributed by atoms with E-state index in [2.05, 4.69) is 19.9 Å². The van der Waals surface area contributed by atoms with Crippen molar-refractivity contribution in [3.63, 3.8) is 0 Å². The highest BCUT2D eigenvalue weighted by molar-refractivity contribution is 7.10. The van der Waals surface area contributed by atoms with E-state index in [0.717, 1.165) is 17.7 Å². The van der Waals surface area contributed by atoms with E-state index in [4.69, 9.17) is 0 Å². The Morgan fingerprint density at radius 3 is 2.57 bits per heavy atom. The minimum Gasteiger partial charge on any atom is -0.380 e. The molecule has 0 saturated carbocycles. The van der Waals surface area contributed by atoms with E-state index in [1.54, 1.807) is 11.3 Å². The topological polar surface area (TPSA) is 20.2 Å². The highest BCUT2D eigenvalue weighted by atomic mass is 32.1. The first kappa shape index (κ1) is 9.94. The van der Waals surface area contributed by atoms with Crippen LogP contribution in [0.2, 0.25) is 0 Å². The summed E-state index contributed by atoms with van der Waals surface area (Å²) < 4.78 is 0. The predicted molar refractivity (Wildman–Crippen MR) is 60.4 cm³/mol. The van der Waals surface area contributed by atoms with Gasteiger partial charge in [-0.3, -0.25) is 0 Å². The fraction of sp³-hybridized carbons (Fsp3) is 0.500. The van der Waals surface area contributed by atoms with E-state index in [1.165, 1.54) is 0 Å². The summed E-state index contributed by atoms with van der Waals surface area (Å²) in [6.07, 6.45) is 5.97. The van der Waals surface area contributed by atoms with Crippen molar-refractivity contribution in [3.8, 4) is 0 Å². The Morgan fingerprint density at radius 2 is 2.07 bits per heavy atom. The first-order chi connectivity index (χ1) is 6.52. The van der Waals surface area contributed by atoms with Crippen molar-refractivity contribution in [2.45, 2.75) is 32.3 Å². The molecule has 1 N–H and O–H groups in total. The largest absolute Gasteiger partial charge is 0.380 e. The van der Waals surface area contributed by atoms with Crippen LogP contribution >= 0.6 is 11.3 Å². The summed E-state index contributed by atoms with van der Waals surface area (Å²) in [5.74, 6) is 0. The maximum Gasteiger partial charge on any atom is 0.117 e. The molecule has 14 heavy (non-hydrogen) atoms. The molecule has 1 aliphatic carbocycles. The van der Waals surface area contributed by atoms with Gasteiger partial charge in [0.2, 0.25) is 0 Å². The molecule has 0 bridgehead atoms. The molecule has 2 rings (SSSR count). The van der Waals surface area contributed by atoms with Crippen LogP contribution in [0.15, 0.2) is 29.7 Å². The molecule has 0 amide bonds. The van der Waals surface area contributed by atoms with Crippen LogP contribution in [0.4, 0.5) is 0 Å². The Morgan fingerprint density at radius 1 is 1.29 bits per heavy atom. The van der Waals surface area contributed by atoms with Gasteiger partial charge in [-0.1, -0.05) is 32.1 Å². The van der Waals surface area contributed by atoms with Gasteiger partial charge in [-0.2, -0.15) is 0 Å². The molecule has 1 aromatic rings. The number of rotatable bonds is 1. The van der Waals surface area contributed by atoms with Gasteiger partial charge < -0.3 is 5.11 Å². The van der Waals surface area contributed by atoms with Crippen LogP contribution in [0.1, 0.15) is 31.6 Å². The number of hydrogen-bond acceptors (Lipinski definition) is 2. The van der Waals surface area contributed by atoms with E-state index >= 15 is 0 Å². The third-order valence-electron chi connectivity index (χ3n) is 2.91. The van der Waals surface area contributed by atoms with Gasteiger partial charge in [0.15, 0.2) is 0 Å². The third-order valence-corrected chi connectivity index (χ3v) is 3.95. The zero-order chi connectivity index (χ0) is 10.2. The van der Waals surface area contributed by atoms with E-state index in [9.17, 15) is 5.11 Å². The Balaban J connectivity index is 2.29. The highest BCUT2D eigenvalue weighted by Gasteiger charge is 2.33. The molecular weight excluding hydrogens is 192 g/mol. The number of aliphatic hydroxyl groups is 1. The molecular formula is C12H16OS. The molecule has 0 aromatic carbocycles. The maximum absolute atomic E-state index is 10.4. The lowest BCUT2D eigenvalue weighted by atomic mass is 9.76. The molecule has 1 atom stereocenters. The molecule has 0 spiro atoms. The number of thiophene rings is 1. The quantitative estimate of drug-likeness (QED) is 0.702. The summed E-state index contributed by atoms with van der Waals surface area (Å²) >= 11 is 1.63. The Hall–Kier alpha value is -0.600. The first-order valence-electron chi connectivity index (χ1n) is 4.99. The molecule has 0 radical (unpaired) electrons. The first-order valence-corrected chi connectivity index (χ1v) is 5.87. The molecule has 1 aliphatic rings. The van der Waals surface area contributed by atoms with Gasteiger partial charge in [-0.05, 0) is 29.7 Å². The Bertz CT molecular complexity index is 337. The second-order valence-corrected chi connectivity index (χ2v) is 5.67. The summed E-state index contributed by atoms with van der Waals surface area (Å²) in [7, 11) is 0. The summed E-state index contributed by atoms with van der Waals surface area (Å²) in [5.41, 5.74) is -0.465. The molecule has 1 heterocycles. The third kappa shape index (κ3) is 1.77. The lowest BCUT2D eigenvalue weighted by Gasteiger charge is -2.34. The average Bonchev–Trinajstić information content (AvgIpc) is 2.64. The van der Waals surface area contributed by atoms with Gasteiger partial charge in [0.05, 0.1) is 0 Å². The smallest absolute Gasteiger partial charge is 0.117 e. The number of allylic oxidation sites excluding steroid dienone is 1. The fourth-order valence-corrected chi connectivity index (χ4v) is 2.61. The van der Waals surface area contributed by atoms with Crippen LogP contribution in [0.3, 0.4) is 0 Å². The van der Waals surface area contributed by atoms with Gasteiger partial charge in [-0.15, -0.1) is 11.3 Å². The zero-order valence-corrected chi connectivity index (χ0v) is 9.47. The SMILES string of the molecule is CC1(C)C=CC(O)(c2cccs2)CC1. The van der Waals surface area contributed by atoms with Gasteiger partial charge in [0, 0.05) is 4.88 Å². The van der Waals surface area contributed by atoms with Crippen molar-refractivity contribution in [1.29, 1.82) is 0 Å². The standard InChI is InChI=1S/C12H16OS/c1-11(2)5-7-12(13,8-6-11)10-4-3-9-14-10/h3-5,7,9,13H,6,8H2,1-2H3. The maximum atomic E-state index is 10.4. The molecule has 1 unspecified atom stereocenters. The summed E-state index contributed by atoms with van der Waals surface area (Å²) in [4.78, 5) is 1.06. The molecule has 0 saturated heterocycles. The van der Waals surface area contributed by atoms with E-state index in [1.807, 2.05) is 23.6 Å². The average molecular weight is 208 g/mol. The lowest BCUT2D eigenvalue weighted by Crippen LogP contribution is -2.28. The van der Waals surface area contributed by atoms with Crippen LogP contribution in [-0.4, -0.2) is 5.11 Å². The van der Waals surface area contributed by atoms with Crippen LogP contribution in [-0.2, 0) is 5.60 Å². The van der Waals surface area contributed by atoms with Crippen molar-refractivity contribution in [3.05, 3.63) is 34.5 Å². The minimum absolute atomic E-state index is 0.240. The summed E-state index contributed by atoms with van der Waals surface area (Å²) in [5, 5.41) is 12.4. The molecule has 0 fully saturated rings. The monoisotopic (exact) mass is 208 g/mol.